The summed E-state index contributed by atoms with van der Waals surface area (Å²) in [4.78, 5) is 39.8. The zero-order valence-electron chi connectivity index (χ0n) is 12.3. The highest BCUT2D eigenvalue weighted by Gasteiger charge is 2.23. The number of hydrogen-bond acceptors (Lipinski definition) is 4. The number of carbonyl (C=O) groups excluding carboxylic acids is 3. The third-order valence-corrected chi connectivity index (χ3v) is 3.65. The number of amides is 2. The SMILES string of the molecule is O=C(CNC(=O)c1ccccc1)NOC(=O)C1CCCCC1. The van der Waals surface area contributed by atoms with Crippen LogP contribution in [0.25, 0.3) is 0 Å². The fourth-order valence-electron chi connectivity index (χ4n) is 2.42. The third kappa shape index (κ3) is 4.87. The van der Waals surface area contributed by atoms with Crippen LogP contribution in [-0.4, -0.2) is 24.3 Å². The van der Waals surface area contributed by atoms with Crippen molar-refractivity contribution in [3.8, 4) is 0 Å². The van der Waals surface area contributed by atoms with Crippen molar-refractivity contribution in [2.24, 2.45) is 5.92 Å². The maximum absolute atomic E-state index is 11.7. The summed E-state index contributed by atoms with van der Waals surface area (Å²) in [6.45, 7) is -0.244. The molecule has 0 radical (unpaired) electrons. The number of nitrogens with one attached hydrogen (secondary N) is 2. The van der Waals surface area contributed by atoms with Crippen LogP contribution in [0.1, 0.15) is 42.5 Å². The first-order valence-electron chi connectivity index (χ1n) is 7.49. The van der Waals surface area contributed by atoms with Gasteiger partial charge >= 0.3 is 5.97 Å². The number of carbonyl (C=O) groups is 3. The molecule has 0 bridgehead atoms. The van der Waals surface area contributed by atoms with Crippen molar-refractivity contribution in [2.75, 3.05) is 6.54 Å². The zero-order valence-corrected chi connectivity index (χ0v) is 12.3. The largest absolute Gasteiger partial charge is 0.343 e. The molecule has 0 heterocycles. The van der Waals surface area contributed by atoms with Gasteiger partial charge in [-0.15, -0.1) is 0 Å². The van der Waals surface area contributed by atoms with E-state index in [1.165, 1.54) is 0 Å². The van der Waals surface area contributed by atoms with Crippen molar-refractivity contribution in [3.63, 3.8) is 0 Å². The lowest BCUT2D eigenvalue weighted by Crippen LogP contribution is -2.39. The van der Waals surface area contributed by atoms with Crippen molar-refractivity contribution in [1.82, 2.24) is 10.8 Å². The van der Waals surface area contributed by atoms with Gasteiger partial charge < -0.3 is 10.2 Å². The number of benzene rings is 1. The second-order valence-corrected chi connectivity index (χ2v) is 5.33. The van der Waals surface area contributed by atoms with Crippen molar-refractivity contribution in [3.05, 3.63) is 35.9 Å². The lowest BCUT2D eigenvalue weighted by Gasteiger charge is -2.19. The summed E-state index contributed by atoms with van der Waals surface area (Å²) in [5.41, 5.74) is 2.55. The topological polar surface area (TPSA) is 84.5 Å². The quantitative estimate of drug-likeness (QED) is 0.827. The molecule has 22 heavy (non-hydrogen) atoms. The standard InChI is InChI=1S/C16H20N2O4/c19-14(11-17-15(20)12-7-3-1-4-8-12)18-22-16(21)13-9-5-2-6-10-13/h1,3-4,7-8,13H,2,5-6,9-11H2,(H,17,20)(H,18,19). The molecule has 0 saturated heterocycles. The van der Waals surface area contributed by atoms with E-state index in [9.17, 15) is 14.4 Å². The van der Waals surface area contributed by atoms with Crippen LogP contribution in [0.4, 0.5) is 0 Å². The van der Waals surface area contributed by atoms with Gasteiger partial charge in [0.2, 0.25) is 0 Å². The Hall–Kier alpha value is -2.37. The molecule has 1 aliphatic rings. The Morgan fingerprint density at radius 2 is 1.73 bits per heavy atom. The first-order valence-corrected chi connectivity index (χ1v) is 7.49. The minimum atomic E-state index is -0.562. The molecule has 6 heteroatoms. The molecule has 6 nitrogen and oxygen atoms in total. The summed E-state index contributed by atoms with van der Waals surface area (Å²) in [6.07, 6.45) is 4.78. The number of hydroxylamine groups is 1. The average molecular weight is 304 g/mol. The van der Waals surface area contributed by atoms with E-state index in [1.54, 1.807) is 30.3 Å². The van der Waals surface area contributed by atoms with Crippen LogP contribution in [0, 0.1) is 5.92 Å². The Morgan fingerprint density at radius 1 is 1.05 bits per heavy atom. The van der Waals surface area contributed by atoms with Crippen molar-refractivity contribution in [2.45, 2.75) is 32.1 Å². The molecule has 0 unspecified atom stereocenters. The van der Waals surface area contributed by atoms with E-state index in [-0.39, 0.29) is 18.4 Å². The highest BCUT2D eigenvalue weighted by Crippen LogP contribution is 2.24. The van der Waals surface area contributed by atoms with Gasteiger partial charge in [0, 0.05) is 5.56 Å². The van der Waals surface area contributed by atoms with E-state index in [0.717, 1.165) is 32.1 Å². The maximum Gasteiger partial charge on any atom is 0.335 e. The molecule has 0 aromatic heterocycles. The lowest BCUT2D eigenvalue weighted by atomic mass is 9.89. The van der Waals surface area contributed by atoms with E-state index in [2.05, 4.69) is 10.8 Å². The average Bonchev–Trinajstić information content (AvgIpc) is 2.59. The van der Waals surface area contributed by atoms with Gasteiger partial charge in [-0.25, -0.2) is 4.79 Å². The monoisotopic (exact) mass is 304 g/mol. The Bertz CT molecular complexity index is 524. The Labute approximate surface area is 129 Å². The molecule has 1 aliphatic carbocycles. The van der Waals surface area contributed by atoms with Gasteiger partial charge in [0.05, 0.1) is 12.5 Å². The molecule has 2 rings (SSSR count). The number of rotatable bonds is 4. The second kappa shape index (κ2) is 8.17. The van der Waals surface area contributed by atoms with E-state index in [0.29, 0.717) is 5.56 Å². The molecule has 1 aromatic rings. The van der Waals surface area contributed by atoms with Crippen molar-refractivity contribution in [1.29, 1.82) is 0 Å². The van der Waals surface area contributed by atoms with E-state index in [1.807, 2.05) is 0 Å². The van der Waals surface area contributed by atoms with Gasteiger partial charge in [-0.05, 0) is 25.0 Å². The van der Waals surface area contributed by atoms with Gasteiger partial charge in [0.1, 0.15) is 0 Å². The smallest absolute Gasteiger partial charge is 0.335 e. The maximum atomic E-state index is 11.7. The third-order valence-electron chi connectivity index (χ3n) is 3.65. The minimum Gasteiger partial charge on any atom is -0.343 e. The first-order chi connectivity index (χ1) is 10.7. The molecule has 1 aromatic carbocycles. The molecule has 0 aliphatic heterocycles. The molecule has 0 atom stereocenters. The first kappa shape index (κ1) is 16.0. The van der Waals surface area contributed by atoms with Crippen LogP contribution >= 0.6 is 0 Å². The van der Waals surface area contributed by atoms with Gasteiger partial charge in [-0.1, -0.05) is 37.5 Å². The fraction of sp³-hybridized carbons (Fsp3) is 0.438. The van der Waals surface area contributed by atoms with Crippen molar-refractivity contribution < 1.29 is 19.2 Å². The fourth-order valence-corrected chi connectivity index (χ4v) is 2.42. The van der Waals surface area contributed by atoms with Crippen LogP contribution in [0.5, 0.6) is 0 Å². The minimum absolute atomic E-state index is 0.132. The molecule has 1 fully saturated rings. The van der Waals surface area contributed by atoms with E-state index >= 15 is 0 Å². The Morgan fingerprint density at radius 3 is 2.41 bits per heavy atom. The molecule has 118 valence electrons. The molecular weight excluding hydrogens is 284 g/mol. The Kier molecular flexibility index (Phi) is 5.94. The van der Waals surface area contributed by atoms with Crippen molar-refractivity contribution >= 4 is 17.8 Å². The summed E-state index contributed by atoms with van der Waals surface area (Å²) in [5, 5.41) is 2.46. The van der Waals surface area contributed by atoms with Gasteiger partial charge in [-0.3, -0.25) is 9.59 Å². The van der Waals surface area contributed by atoms with Gasteiger partial charge in [-0.2, -0.15) is 5.48 Å². The normalized spacial score (nSPS) is 14.9. The predicted octanol–water partition coefficient (Wildman–Crippen LogP) is 1.57. The predicted molar refractivity (Wildman–Crippen MR) is 79.6 cm³/mol. The number of hydrogen-bond donors (Lipinski definition) is 2. The second-order valence-electron chi connectivity index (χ2n) is 5.33. The van der Waals surface area contributed by atoms with Gasteiger partial charge in [0.25, 0.3) is 11.8 Å². The molecule has 1 saturated carbocycles. The summed E-state index contributed by atoms with van der Waals surface area (Å²) in [7, 11) is 0. The van der Waals surface area contributed by atoms with Crippen LogP contribution < -0.4 is 10.8 Å². The van der Waals surface area contributed by atoms with Crippen LogP contribution in [0.2, 0.25) is 0 Å². The highest BCUT2D eigenvalue weighted by atomic mass is 16.7. The summed E-state index contributed by atoms with van der Waals surface area (Å²) < 4.78 is 0. The van der Waals surface area contributed by atoms with E-state index in [4.69, 9.17) is 4.84 Å². The summed E-state index contributed by atoms with van der Waals surface area (Å²) in [6, 6.07) is 8.57. The summed E-state index contributed by atoms with van der Waals surface area (Å²) in [5.74, 6) is -1.45. The zero-order chi connectivity index (χ0) is 15.8. The lowest BCUT2D eigenvalue weighted by molar-refractivity contribution is -0.162. The molecule has 0 spiro atoms. The molecular formula is C16H20N2O4. The highest BCUT2D eigenvalue weighted by molar-refractivity contribution is 5.96. The van der Waals surface area contributed by atoms with Crippen LogP contribution in [0.15, 0.2) is 30.3 Å². The Balaban J connectivity index is 1.67. The van der Waals surface area contributed by atoms with Gasteiger partial charge in [0.15, 0.2) is 0 Å². The van der Waals surface area contributed by atoms with E-state index < -0.39 is 11.9 Å². The van der Waals surface area contributed by atoms with Crippen LogP contribution in [0.3, 0.4) is 0 Å². The van der Waals surface area contributed by atoms with Crippen LogP contribution in [-0.2, 0) is 14.4 Å². The summed E-state index contributed by atoms with van der Waals surface area (Å²) >= 11 is 0. The molecule has 2 N–H and O–H groups in total. The molecule has 2 amide bonds.